The fourth-order valence-corrected chi connectivity index (χ4v) is 3.97. The van der Waals surface area contributed by atoms with Gasteiger partial charge in [0.25, 0.3) is 0 Å². The van der Waals surface area contributed by atoms with Gasteiger partial charge in [0.1, 0.15) is 0 Å². The van der Waals surface area contributed by atoms with Gasteiger partial charge in [0.15, 0.2) is 0 Å². The SMILES string of the molecule is Cc1ccc(-c2nc(COc3ccccc3C(=O)Cl)c[se]2)cc1. The third-order valence-electron chi connectivity index (χ3n) is 3.32. The Morgan fingerprint density at radius 3 is 2.65 bits per heavy atom. The Morgan fingerprint density at radius 2 is 1.91 bits per heavy atom. The molecule has 3 nitrogen and oxygen atoms in total. The molecule has 0 amide bonds. The molecule has 0 radical (unpaired) electrons. The molecule has 5 heteroatoms. The molecule has 0 fully saturated rings. The van der Waals surface area contributed by atoms with Crippen LogP contribution in [0.4, 0.5) is 0 Å². The second-order valence-corrected chi connectivity index (χ2v) is 7.21. The number of aromatic nitrogens is 1. The summed E-state index contributed by atoms with van der Waals surface area (Å²) >= 11 is 5.77. The van der Waals surface area contributed by atoms with Crippen molar-refractivity contribution in [1.82, 2.24) is 4.98 Å². The van der Waals surface area contributed by atoms with Gasteiger partial charge in [0, 0.05) is 0 Å². The van der Waals surface area contributed by atoms with E-state index in [1.807, 2.05) is 6.07 Å². The van der Waals surface area contributed by atoms with E-state index in [9.17, 15) is 4.79 Å². The van der Waals surface area contributed by atoms with Crippen LogP contribution in [0.25, 0.3) is 10.1 Å². The van der Waals surface area contributed by atoms with Crippen LogP contribution in [0.5, 0.6) is 5.75 Å². The molecule has 0 saturated heterocycles. The molecule has 1 aromatic heterocycles. The van der Waals surface area contributed by atoms with Crippen molar-refractivity contribution in [2.75, 3.05) is 0 Å². The van der Waals surface area contributed by atoms with Crippen LogP contribution in [0.3, 0.4) is 0 Å². The van der Waals surface area contributed by atoms with Crippen LogP contribution in [0.2, 0.25) is 0 Å². The molecule has 0 aliphatic heterocycles. The van der Waals surface area contributed by atoms with Crippen molar-refractivity contribution >= 4 is 31.3 Å². The number of nitrogens with zero attached hydrogens (tertiary/aromatic N) is 1. The van der Waals surface area contributed by atoms with E-state index in [4.69, 9.17) is 16.3 Å². The van der Waals surface area contributed by atoms with Crippen molar-refractivity contribution in [3.05, 3.63) is 70.3 Å². The maximum atomic E-state index is 11.4. The average Bonchev–Trinajstić information content (AvgIpc) is 3.03. The first-order valence-electron chi connectivity index (χ1n) is 7.06. The van der Waals surface area contributed by atoms with E-state index in [2.05, 4.69) is 41.1 Å². The molecule has 1 heterocycles. The Hall–Kier alpha value is -1.87. The monoisotopic (exact) mass is 391 g/mol. The molecule has 0 atom stereocenters. The van der Waals surface area contributed by atoms with Gasteiger partial charge in [-0.3, -0.25) is 0 Å². The summed E-state index contributed by atoms with van der Waals surface area (Å²) in [7, 11) is 0. The normalized spacial score (nSPS) is 10.5. The van der Waals surface area contributed by atoms with Gasteiger partial charge in [0.2, 0.25) is 0 Å². The third-order valence-corrected chi connectivity index (χ3v) is 5.50. The minimum atomic E-state index is -0.519. The number of carbonyl (C=O) groups excluding carboxylic acids is 1. The molecule has 3 rings (SSSR count). The van der Waals surface area contributed by atoms with E-state index in [1.165, 1.54) is 5.56 Å². The van der Waals surface area contributed by atoms with Crippen LogP contribution in [-0.2, 0) is 6.61 Å². The van der Waals surface area contributed by atoms with Crippen LogP contribution < -0.4 is 4.74 Å². The summed E-state index contributed by atoms with van der Waals surface area (Å²) in [6.07, 6.45) is 0. The molecule has 0 bridgehead atoms. The van der Waals surface area contributed by atoms with Crippen LogP contribution in [0, 0.1) is 6.92 Å². The number of aryl methyl sites for hydroxylation is 1. The zero-order valence-electron chi connectivity index (χ0n) is 12.5. The van der Waals surface area contributed by atoms with Crippen molar-refractivity contribution in [3.63, 3.8) is 0 Å². The first kappa shape index (κ1) is 16.0. The number of para-hydroxylation sites is 1. The van der Waals surface area contributed by atoms with Crippen LogP contribution in [-0.4, -0.2) is 24.7 Å². The van der Waals surface area contributed by atoms with Gasteiger partial charge in [-0.1, -0.05) is 0 Å². The number of carbonyl (C=O) groups is 1. The minimum absolute atomic E-state index is 0.204. The summed E-state index contributed by atoms with van der Waals surface area (Å²) < 4.78 is 6.81. The molecule has 116 valence electrons. The fourth-order valence-electron chi connectivity index (χ4n) is 2.11. The number of hydrogen-bond donors (Lipinski definition) is 0. The molecule has 0 unspecified atom stereocenters. The topological polar surface area (TPSA) is 39.2 Å². The van der Waals surface area contributed by atoms with Gasteiger partial charge in [-0.05, 0) is 0 Å². The average molecular weight is 391 g/mol. The Kier molecular flexibility index (Phi) is 4.97. The Balaban J connectivity index is 1.73. The van der Waals surface area contributed by atoms with E-state index in [0.717, 1.165) is 15.8 Å². The van der Waals surface area contributed by atoms with Gasteiger partial charge >= 0.3 is 146 Å². The standard InChI is InChI=1S/C18H14ClNO2Se/c1-12-6-8-13(9-7-12)18-20-14(11-23-18)10-22-16-5-3-2-4-15(16)17(19)21/h2-9,11H,10H2,1H3. The molecule has 3 aromatic rings. The quantitative estimate of drug-likeness (QED) is 0.487. The van der Waals surface area contributed by atoms with Gasteiger partial charge in [-0.25, -0.2) is 0 Å². The molecule has 0 spiro atoms. The maximum absolute atomic E-state index is 11.4. The molecular weight excluding hydrogens is 377 g/mol. The number of rotatable bonds is 5. The van der Waals surface area contributed by atoms with E-state index >= 15 is 0 Å². The first-order chi connectivity index (χ1) is 11.1. The van der Waals surface area contributed by atoms with E-state index in [0.29, 0.717) is 17.9 Å². The summed E-state index contributed by atoms with van der Waals surface area (Å²) in [5, 5.41) is -0.519. The van der Waals surface area contributed by atoms with E-state index < -0.39 is 5.24 Å². The predicted octanol–water partition coefficient (Wildman–Crippen LogP) is 4.07. The number of benzene rings is 2. The summed E-state index contributed by atoms with van der Waals surface area (Å²) in [4.78, 5) is 18.1. The molecule has 0 aliphatic carbocycles. The first-order valence-corrected chi connectivity index (χ1v) is 9.29. The second kappa shape index (κ2) is 7.14. The van der Waals surface area contributed by atoms with Crippen molar-refractivity contribution in [1.29, 1.82) is 0 Å². The molecule has 23 heavy (non-hydrogen) atoms. The Bertz CT molecular complexity index is 827. The Labute approximate surface area is 145 Å². The van der Waals surface area contributed by atoms with Crippen molar-refractivity contribution in [2.45, 2.75) is 13.5 Å². The molecule has 0 N–H and O–H groups in total. The van der Waals surface area contributed by atoms with Crippen molar-refractivity contribution in [2.24, 2.45) is 0 Å². The molecule has 0 saturated carbocycles. The fraction of sp³-hybridized carbons (Fsp3) is 0.111. The summed E-state index contributed by atoms with van der Waals surface area (Å²) in [6.45, 7) is 2.40. The zero-order chi connectivity index (χ0) is 16.2. The summed E-state index contributed by atoms with van der Waals surface area (Å²) in [6, 6.07) is 15.3. The third kappa shape index (κ3) is 3.91. The summed E-state index contributed by atoms with van der Waals surface area (Å²) in [5.41, 5.74) is 3.65. The molecule has 0 aliphatic rings. The zero-order valence-corrected chi connectivity index (χ0v) is 14.9. The van der Waals surface area contributed by atoms with Gasteiger partial charge < -0.3 is 0 Å². The van der Waals surface area contributed by atoms with Crippen molar-refractivity contribution < 1.29 is 9.53 Å². The predicted molar refractivity (Wildman–Crippen MR) is 92.3 cm³/mol. The number of ether oxygens (including phenoxy) is 1. The van der Waals surface area contributed by atoms with Crippen LogP contribution in [0.1, 0.15) is 21.6 Å². The van der Waals surface area contributed by atoms with Crippen LogP contribution >= 0.6 is 11.6 Å². The summed E-state index contributed by atoms with van der Waals surface area (Å²) in [5.74, 6) is 0.486. The van der Waals surface area contributed by atoms with E-state index in [1.54, 1.807) is 18.2 Å². The van der Waals surface area contributed by atoms with Gasteiger partial charge in [-0.15, -0.1) is 0 Å². The molecular formula is C18H14ClNO2Se. The second-order valence-electron chi connectivity index (χ2n) is 5.07. The van der Waals surface area contributed by atoms with Gasteiger partial charge in [0.05, 0.1) is 0 Å². The van der Waals surface area contributed by atoms with Gasteiger partial charge in [-0.2, -0.15) is 0 Å². The number of hydrogen-bond acceptors (Lipinski definition) is 3. The molecule has 2 aromatic carbocycles. The van der Waals surface area contributed by atoms with E-state index in [-0.39, 0.29) is 14.5 Å². The van der Waals surface area contributed by atoms with Crippen molar-refractivity contribution in [3.8, 4) is 15.9 Å². The van der Waals surface area contributed by atoms with Crippen LogP contribution in [0.15, 0.2) is 53.5 Å². The Morgan fingerprint density at radius 1 is 1.17 bits per heavy atom. The number of halogens is 1.